The summed E-state index contributed by atoms with van der Waals surface area (Å²) in [5, 5.41) is 14.6. The maximum Gasteiger partial charge on any atom is 0.148 e. The van der Waals surface area contributed by atoms with Crippen LogP contribution in [0.2, 0.25) is 0 Å². The molecule has 0 aliphatic rings. The van der Waals surface area contributed by atoms with Gasteiger partial charge in [-0.25, -0.2) is 4.68 Å². The number of nitrogens with one attached hydrogen (secondary N) is 2. The number of aromatic nitrogens is 4. The summed E-state index contributed by atoms with van der Waals surface area (Å²) in [5.41, 5.74) is 9.76. The van der Waals surface area contributed by atoms with E-state index in [0.717, 1.165) is 29.3 Å². The molecule has 0 aromatic carbocycles. The van der Waals surface area contributed by atoms with Gasteiger partial charge in [-0.1, -0.05) is 0 Å². The van der Waals surface area contributed by atoms with Crippen molar-refractivity contribution in [3.63, 3.8) is 0 Å². The highest BCUT2D eigenvalue weighted by Gasteiger charge is 2.11. The van der Waals surface area contributed by atoms with Gasteiger partial charge in [0.25, 0.3) is 0 Å². The van der Waals surface area contributed by atoms with Gasteiger partial charge in [0.1, 0.15) is 5.82 Å². The number of aromatic amines is 1. The van der Waals surface area contributed by atoms with Crippen molar-refractivity contribution in [3.8, 4) is 0 Å². The van der Waals surface area contributed by atoms with Crippen molar-refractivity contribution in [3.05, 3.63) is 23.1 Å². The summed E-state index contributed by atoms with van der Waals surface area (Å²) in [4.78, 5) is 0. The SMILES string of the molecule is CCn1nc(C)c(N)c1NCc1cn[nH]c1C. The highest BCUT2D eigenvalue weighted by molar-refractivity contribution is 5.64. The molecule has 92 valence electrons. The molecule has 0 unspecified atom stereocenters. The lowest BCUT2D eigenvalue weighted by molar-refractivity contribution is 0.657. The second kappa shape index (κ2) is 4.48. The van der Waals surface area contributed by atoms with Crippen molar-refractivity contribution in [1.82, 2.24) is 20.0 Å². The standard InChI is InChI=1S/C11H18N6/c1-4-17-11(10(12)8(3)16-17)13-5-9-6-14-15-7(9)2/h6,13H,4-5,12H2,1-3H3,(H,14,15). The topological polar surface area (TPSA) is 84.6 Å². The number of nitrogens with zero attached hydrogens (tertiary/aromatic N) is 3. The Morgan fingerprint density at radius 1 is 1.47 bits per heavy atom. The van der Waals surface area contributed by atoms with E-state index in [1.165, 1.54) is 0 Å². The normalized spacial score (nSPS) is 10.8. The van der Waals surface area contributed by atoms with Gasteiger partial charge in [0.15, 0.2) is 0 Å². The van der Waals surface area contributed by atoms with E-state index >= 15 is 0 Å². The average Bonchev–Trinajstić information content (AvgIpc) is 2.83. The third-order valence-electron chi connectivity index (χ3n) is 2.85. The third-order valence-corrected chi connectivity index (χ3v) is 2.85. The first-order valence-electron chi connectivity index (χ1n) is 5.69. The fraction of sp³-hybridized carbons (Fsp3) is 0.455. The zero-order valence-electron chi connectivity index (χ0n) is 10.4. The predicted molar refractivity (Wildman–Crippen MR) is 67.7 cm³/mol. The molecule has 0 fully saturated rings. The van der Waals surface area contributed by atoms with E-state index in [4.69, 9.17) is 5.73 Å². The predicted octanol–water partition coefficient (Wildman–Crippen LogP) is 1.44. The highest BCUT2D eigenvalue weighted by Crippen LogP contribution is 2.22. The van der Waals surface area contributed by atoms with Gasteiger partial charge < -0.3 is 11.1 Å². The molecule has 17 heavy (non-hydrogen) atoms. The van der Waals surface area contributed by atoms with Crippen molar-refractivity contribution in [1.29, 1.82) is 0 Å². The Bertz CT molecular complexity index is 510. The van der Waals surface area contributed by atoms with Crippen LogP contribution in [0.15, 0.2) is 6.20 Å². The molecular formula is C11H18N6. The average molecular weight is 234 g/mol. The van der Waals surface area contributed by atoms with E-state index in [2.05, 4.69) is 20.6 Å². The molecule has 2 aromatic rings. The summed E-state index contributed by atoms with van der Waals surface area (Å²) in [6, 6.07) is 0. The van der Waals surface area contributed by atoms with Gasteiger partial charge in [0.2, 0.25) is 0 Å². The number of rotatable bonds is 4. The van der Waals surface area contributed by atoms with Crippen LogP contribution in [0.5, 0.6) is 0 Å². The smallest absolute Gasteiger partial charge is 0.148 e. The van der Waals surface area contributed by atoms with Gasteiger partial charge in [-0.15, -0.1) is 0 Å². The molecule has 0 aliphatic heterocycles. The summed E-state index contributed by atoms with van der Waals surface area (Å²) < 4.78 is 1.88. The van der Waals surface area contributed by atoms with Crippen LogP contribution in [-0.2, 0) is 13.1 Å². The Morgan fingerprint density at radius 3 is 2.82 bits per heavy atom. The molecule has 2 heterocycles. The highest BCUT2D eigenvalue weighted by atomic mass is 15.3. The minimum atomic E-state index is 0.692. The molecule has 0 bridgehead atoms. The van der Waals surface area contributed by atoms with E-state index in [9.17, 15) is 0 Å². The number of nitrogen functional groups attached to an aromatic ring is 1. The van der Waals surface area contributed by atoms with Crippen molar-refractivity contribution < 1.29 is 0 Å². The zero-order chi connectivity index (χ0) is 12.4. The monoisotopic (exact) mass is 234 g/mol. The van der Waals surface area contributed by atoms with Crippen LogP contribution >= 0.6 is 0 Å². The molecule has 0 atom stereocenters. The van der Waals surface area contributed by atoms with Crippen LogP contribution < -0.4 is 11.1 Å². The van der Waals surface area contributed by atoms with Crippen molar-refractivity contribution in [2.45, 2.75) is 33.9 Å². The Hall–Kier alpha value is -1.98. The van der Waals surface area contributed by atoms with Crippen LogP contribution in [-0.4, -0.2) is 20.0 Å². The maximum atomic E-state index is 5.99. The minimum Gasteiger partial charge on any atom is -0.394 e. The summed E-state index contributed by atoms with van der Waals surface area (Å²) in [7, 11) is 0. The molecule has 0 saturated heterocycles. The lowest BCUT2D eigenvalue weighted by Crippen LogP contribution is -2.08. The summed E-state index contributed by atoms with van der Waals surface area (Å²) in [6.07, 6.45) is 1.82. The second-order valence-corrected chi connectivity index (χ2v) is 4.04. The summed E-state index contributed by atoms with van der Waals surface area (Å²) >= 11 is 0. The van der Waals surface area contributed by atoms with Crippen molar-refractivity contribution >= 4 is 11.5 Å². The van der Waals surface area contributed by atoms with Crippen LogP contribution in [0.4, 0.5) is 11.5 Å². The number of H-pyrrole nitrogens is 1. The summed E-state index contributed by atoms with van der Waals surface area (Å²) in [6.45, 7) is 7.44. The van der Waals surface area contributed by atoms with Gasteiger partial charge in [-0.05, 0) is 20.8 Å². The van der Waals surface area contributed by atoms with Gasteiger partial charge >= 0.3 is 0 Å². The Balaban J connectivity index is 2.16. The molecule has 0 spiro atoms. The Kier molecular flexibility index (Phi) is 3.03. The zero-order valence-corrected chi connectivity index (χ0v) is 10.4. The second-order valence-electron chi connectivity index (χ2n) is 4.04. The molecule has 2 rings (SSSR count). The number of hydrogen-bond acceptors (Lipinski definition) is 4. The van der Waals surface area contributed by atoms with Crippen LogP contribution in [0.1, 0.15) is 23.9 Å². The molecule has 4 N–H and O–H groups in total. The molecular weight excluding hydrogens is 216 g/mol. The third kappa shape index (κ3) is 2.11. The molecule has 0 amide bonds. The van der Waals surface area contributed by atoms with E-state index in [-0.39, 0.29) is 0 Å². The number of aryl methyl sites for hydroxylation is 3. The van der Waals surface area contributed by atoms with Crippen LogP contribution in [0.3, 0.4) is 0 Å². The lowest BCUT2D eigenvalue weighted by atomic mass is 10.2. The summed E-state index contributed by atoms with van der Waals surface area (Å²) in [5.74, 6) is 0.880. The first kappa shape index (κ1) is 11.5. The first-order valence-corrected chi connectivity index (χ1v) is 5.69. The fourth-order valence-corrected chi connectivity index (χ4v) is 1.74. The quantitative estimate of drug-likeness (QED) is 0.747. The van der Waals surface area contributed by atoms with Crippen LogP contribution in [0.25, 0.3) is 0 Å². The Labute approximate surface area is 100 Å². The van der Waals surface area contributed by atoms with E-state index in [0.29, 0.717) is 12.2 Å². The van der Waals surface area contributed by atoms with Gasteiger partial charge in [-0.2, -0.15) is 10.2 Å². The van der Waals surface area contributed by atoms with Crippen molar-refractivity contribution in [2.75, 3.05) is 11.1 Å². The lowest BCUT2D eigenvalue weighted by Gasteiger charge is -2.08. The fourth-order valence-electron chi connectivity index (χ4n) is 1.74. The largest absolute Gasteiger partial charge is 0.394 e. The van der Waals surface area contributed by atoms with Crippen LogP contribution in [0, 0.1) is 13.8 Å². The molecule has 0 radical (unpaired) electrons. The number of hydrogen-bond donors (Lipinski definition) is 3. The first-order chi connectivity index (χ1) is 8.13. The Morgan fingerprint density at radius 2 is 2.24 bits per heavy atom. The molecule has 6 heteroatoms. The van der Waals surface area contributed by atoms with Gasteiger partial charge in [0.05, 0.1) is 17.6 Å². The van der Waals surface area contributed by atoms with Crippen molar-refractivity contribution in [2.24, 2.45) is 0 Å². The minimum absolute atomic E-state index is 0.692. The van der Waals surface area contributed by atoms with Gasteiger partial charge in [0, 0.05) is 24.3 Å². The van der Waals surface area contributed by atoms with E-state index in [1.807, 2.05) is 31.6 Å². The number of nitrogens with two attached hydrogens (primary N) is 1. The maximum absolute atomic E-state index is 5.99. The van der Waals surface area contributed by atoms with E-state index < -0.39 is 0 Å². The van der Waals surface area contributed by atoms with E-state index in [1.54, 1.807) is 0 Å². The van der Waals surface area contributed by atoms with Gasteiger partial charge in [-0.3, -0.25) is 5.10 Å². The number of anilines is 2. The molecule has 2 aromatic heterocycles. The molecule has 0 aliphatic carbocycles. The molecule has 6 nitrogen and oxygen atoms in total. The molecule has 0 saturated carbocycles.